The summed E-state index contributed by atoms with van der Waals surface area (Å²) in [5.41, 5.74) is 7.25. The van der Waals surface area contributed by atoms with E-state index in [-0.39, 0.29) is 6.04 Å². The van der Waals surface area contributed by atoms with Crippen molar-refractivity contribution in [3.8, 4) is 5.75 Å². The average molecular weight is 284 g/mol. The molecule has 100 valence electrons. The summed E-state index contributed by atoms with van der Waals surface area (Å²) in [6.07, 6.45) is 1.78. The largest absolute Gasteiger partial charge is 0.495 e. The molecule has 0 bridgehead atoms. The van der Waals surface area contributed by atoms with E-state index in [1.165, 1.54) is 0 Å². The van der Waals surface area contributed by atoms with Crippen LogP contribution in [-0.2, 0) is 0 Å². The van der Waals surface area contributed by atoms with Crippen LogP contribution in [0.25, 0.3) is 0 Å². The zero-order valence-electron chi connectivity index (χ0n) is 11.0. The highest BCUT2D eigenvalue weighted by Gasteiger charge is 2.32. The molecule has 1 saturated heterocycles. The number of nitrogens with two attached hydrogens (primary N) is 1. The first-order valence-electron chi connectivity index (χ1n) is 6.15. The molecule has 2 heterocycles. The van der Waals surface area contributed by atoms with Crippen molar-refractivity contribution in [1.82, 2.24) is 4.98 Å². The van der Waals surface area contributed by atoms with Crippen LogP contribution in [0.1, 0.15) is 25.6 Å². The van der Waals surface area contributed by atoms with Gasteiger partial charge in [-0.3, -0.25) is 4.98 Å². The van der Waals surface area contributed by atoms with Gasteiger partial charge in [0.05, 0.1) is 13.2 Å². The topological polar surface area (TPSA) is 48.1 Å². The number of rotatable bonds is 3. The Balaban J connectivity index is 2.13. The van der Waals surface area contributed by atoms with E-state index >= 15 is 0 Å². The molecule has 2 rings (SSSR count). The zero-order valence-corrected chi connectivity index (χ0v) is 12.6. The lowest BCUT2D eigenvalue weighted by atomic mass is 10.1. The molecule has 2 N–H and O–H groups in total. The number of hydrogen-bond donors (Lipinski definition) is 1. The summed E-state index contributed by atoms with van der Waals surface area (Å²) in [5, 5.41) is 1.74. The van der Waals surface area contributed by atoms with Crippen molar-refractivity contribution in [2.24, 2.45) is 5.73 Å². The van der Waals surface area contributed by atoms with E-state index in [1.54, 1.807) is 13.3 Å². The maximum atomic E-state index is 6.38. The lowest BCUT2D eigenvalue weighted by molar-refractivity contribution is 0.402. The third-order valence-electron chi connectivity index (χ3n) is 3.31. The predicted molar refractivity (Wildman–Crippen MR) is 80.5 cm³/mol. The molecule has 0 saturated carbocycles. The third-order valence-corrected chi connectivity index (χ3v) is 6.83. The van der Waals surface area contributed by atoms with Crippen LogP contribution in [0.15, 0.2) is 18.3 Å². The number of methoxy groups -OCH3 is 1. The van der Waals surface area contributed by atoms with Gasteiger partial charge in [0.1, 0.15) is 11.4 Å². The highest BCUT2D eigenvalue weighted by Crippen LogP contribution is 2.41. The first-order valence-corrected chi connectivity index (χ1v) is 8.14. The van der Waals surface area contributed by atoms with Crippen LogP contribution >= 0.6 is 23.5 Å². The Morgan fingerprint density at radius 3 is 2.89 bits per heavy atom. The van der Waals surface area contributed by atoms with Gasteiger partial charge in [0, 0.05) is 27.7 Å². The standard InChI is InChI=1S/C13H20N2OS2/c1-8-9(2)18-11(7-17-8)12(14)13-10(16-3)5-4-6-15-13/h4-6,8-9,11-12H,7,14H2,1-3H3. The highest BCUT2D eigenvalue weighted by molar-refractivity contribution is 8.07. The molecule has 1 aromatic rings. The predicted octanol–water partition coefficient (Wildman–Crippen LogP) is 2.72. The normalized spacial score (nSPS) is 29.9. The van der Waals surface area contributed by atoms with E-state index in [0.717, 1.165) is 17.2 Å². The zero-order chi connectivity index (χ0) is 13.1. The fourth-order valence-corrected chi connectivity index (χ4v) is 5.02. The Kier molecular flexibility index (Phi) is 4.81. The second-order valence-electron chi connectivity index (χ2n) is 4.53. The lowest BCUT2D eigenvalue weighted by Gasteiger charge is -2.34. The van der Waals surface area contributed by atoms with Crippen molar-refractivity contribution < 1.29 is 4.74 Å². The molecule has 4 atom stereocenters. The maximum Gasteiger partial charge on any atom is 0.142 e. The third kappa shape index (κ3) is 2.95. The fourth-order valence-electron chi connectivity index (χ4n) is 2.00. The maximum absolute atomic E-state index is 6.38. The van der Waals surface area contributed by atoms with E-state index in [1.807, 2.05) is 35.7 Å². The van der Waals surface area contributed by atoms with Gasteiger partial charge in [-0.2, -0.15) is 23.5 Å². The SMILES string of the molecule is COc1cccnc1C(N)C1CSC(C)C(C)S1. The lowest BCUT2D eigenvalue weighted by Crippen LogP contribution is -2.34. The summed E-state index contributed by atoms with van der Waals surface area (Å²) in [7, 11) is 1.67. The van der Waals surface area contributed by atoms with E-state index in [0.29, 0.717) is 15.7 Å². The Morgan fingerprint density at radius 1 is 1.44 bits per heavy atom. The minimum absolute atomic E-state index is 0.0615. The van der Waals surface area contributed by atoms with Crippen LogP contribution in [-0.4, -0.2) is 33.6 Å². The van der Waals surface area contributed by atoms with Crippen LogP contribution < -0.4 is 10.5 Å². The second kappa shape index (κ2) is 6.17. The van der Waals surface area contributed by atoms with Crippen LogP contribution in [0.3, 0.4) is 0 Å². The van der Waals surface area contributed by atoms with Crippen LogP contribution in [0.2, 0.25) is 0 Å². The van der Waals surface area contributed by atoms with Crippen molar-refractivity contribution in [3.05, 3.63) is 24.0 Å². The molecule has 1 fully saturated rings. The van der Waals surface area contributed by atoms with E-state index in [9.17, 15) is 0 Å². The van der Waals surface area contributed by atoms with Crippen molar-refractivity contribution in [3.63, 3.8) is 0 Å². The summed E-state index contributed by atoms with van der Waals surface area (Å²) in [5.74, 6) is 1.87. The number of pyridine rings is 1. The number of nitrogens with zero attached hydrogens (tertiary/aromatic N) is 1. The van der Waals surface area contributed by atoms with Gasteiger partial charge in [-0.15, -0.1) is 0 Å². The number of thioether (sulfide) groups is 2. The van der Waals surface area contributed by atoms with Crippen molar-refractivity contribution in [2.75, 3.05) is 12.9 Å². The minimum Gasteiger partial charge on any atom is -0.495 e. The summed E-state index contributed by atoms with van der Waals surface area (Å²) >= 11 is 3.98. The minimum atomic E-state index is -0.0615. The molecular formula is C13H20N2OS2. The number of ether oxygens (including phenoxy) is 1. The van der Waals surface area contributed by atoms with Crippen molar-refractivity contribution >= 4 is 23.5 Å². The van der Waals surface area contributed by atoms with E-state index in [4.69, 9.17) is 10.5 Å². The van der Waals surface area contributed by atoms with E-state index < -0.39 is 0 Å². The van der Waals surface area contributed by atoms with Gasteiger partial charge in [-0.05, 0) is 12.1 Å². The molecule has 1 aliphatic rings. The Labute approximate surface area is 117 Å². The summed E-state index contributed by atoms with van der Waals surface area (Å²) < 4.78 is 5.35. The molecule has 0 aromatic carbocycles. The van der Waals surface area contributed by atoms with Crippen molar-refractivity contribution in [1.29, 1.82) is 0 Å². The molecule has 5 heteroatoms. The molecule has 1 aliphatic heterocycles. The molecule has 0 radical (unpaired) electrons. The number of hydrogen-bond acceptors (Lipinski definition) is 5. The molecule has 0 aliphatic carbocycles. The second-order valence-corrected chi connectivity index (χ2v) is 7.57. The Hall–Kier alpha value is -0.390. The van der Waals surface area contributed by atoms with Gasteiger partial charge in [-0.1, -0.05) is 13.8 Å². The Bertz CT molecular complexity index is 402. The van der Waals surface area contributed by atoms with Gasteiger partial charge < -0.3 is 10.5 Å². The monoisotopic (exact) mass is 284 g/mol. The summed E-state index contributed by atoms with van der Waals surface area (Å²) in [4.78, 5) is 4.40. The van der Waals surface area contributed by atoms with Gasteiger partial charge in [0.25, 0.3) is 0 Å². The molecule has 4 unspecified atom stereocenters. The first-order chi connectivity index (χ1) is 8.63. The van der Waals surface area contributed by atoms with Gasteiger partial charge >= 0.3 is 0 Å². The Morgan fingerprint density at radius 2 is 2.22 bits per heavy atom. The highest BCUT2D eigenvalue weighted by atomic mass is 32.2. The van der Waals surface area contributed by atoms with Crippen molar-refractivity contribution in [2.45, 2.75) is 35.6 Å². The summed E-state index contributed by atoms with van der Waals surface area (Å²) in [6, 6.07) is 3.74. The number of aromatic nitrogens is 1. The molecule has 0 spiro atoms. The smallest absolute Gasteiger partial charge is 0.142 e. The molecule has 18 heavy (non-hydrogen) atoms. The summed E-state index contributed by atoms with van der Waals surface area (Å²) in [6.45, 7) is 4.56. The van der Waals surface area contributed by atoms with Crippen LogP contribution in [0, 0.1) is 0 Å². The molecular weight excluding hydrogens is 264 g/mol. The fraction of sp³-hybridized carbons (Fsp3) is 0.615. The molecule has 0 amide bonds. The molecule has 3 nitrogen and oxygen atoms in total. The van der Waals surface area contributed by atoms with E-state index in [2.05, 4.69) is 18.8 Å². The first kappa shape index (κ1) is 14.0. The molecule has 1 aromatic heterocycles. The average Bonchev–Trinajstić information content (AvgIpc) is 2.41. The van der Waals surface area contributed by atoms with Gasteiger partial charge in [0.2, 0.25) is 0 Å². The quantitative estimate of drug-likeness (QED) is 0.925. The van der Waals surface area contributed by atoms with Crippen LogP contribution in [0.5, 0.6) is 5.75 Å². The van der Waals surface area contributed by atoms with Gasteiger partial charge in [-0.25, -0.2) is 0 Å². The van der Waals surface area contributed by atoms with Gasteiger partial charge in [0.15, 0.2) is 0 Å². The van der Waals surface area contributed by atoms with Crippen LogP contribution in [0.4, 0.5) is 0 Å².